The second-order valence-electron chi connectivity index (χ2n) is 3.66. The molecule has 0 aromatic heterocycles. The maximum absolute atomic E-state index is 11.5. The van der Waals surface area contributed by atoms with Crippen LogP contribution >= 0.6 is 0 Å². The van der Waals surface area contributed by atoms with Crippen molar-refractivity contribution >= 4 is 21.7 Å². The number of benzene rings is 1. The number of para-hydroxylation sites is 1. The molecule has 1 aromatic rings. The lowest BCUT2D eigenvalue weighted by molar-refractivity contribution is -0.134. The Kier molecular flexibility index (Phi) is 4.51. The van der Waals surface area contributed by atoms with Crippen LogP contribution in [0.1, 0.15) is 18.9 Å². The van der Waals surface area contributed by atoms with Crippen molar-refractivity contribution in [3.05, 3.63) is 29.8 Å². The zero-order valence-electron chi connectivity index (χ0n) is 9.51. The molecule has 0 saturated heterocycles. The second-order valence-corrected chi connectivity index (χ2v) is 5.38. The highest BCUT2D eigenvalue weighted by Gasteiger charge is 2.16. The second kappa shape index (κ2) is 5.67. The fourth-order valence-corrected chi connectivity index (χ4v) is 2.40. The van der Waals surface area contributed by atoms with Gasteiger partial charge in [-0.15, -0.1) is 0 Å². The minimum atomic E-state index is -3.82. The molecule has 0 radical (unpaired) electrons. The Morgan fingerprint density at radius 1 is 1.35 bits per heavy atom. The average Bonchev–Trinajstić information content (AvgIpc) is 2.18. The molecule has 0 bridgehead atoms. The summed E-state index contributed by atoms with van der Waals surface area (Å²) in [5, 5.41) is 8.48. The molecule has 5 nitrogen and oxygen atoms in total. The van der Waals surface area contributed by atoms with Gasteiger partial charge in [0.1, 0.15) is 0 Å². The van der Waals surface area contributed by atoms with Crippen molar-refractivity contribution in [2.24, 2.45) is 0 Å². The maximum atomic E-state index is 11.5. The van der Waals surface area contributed by atoms with E-state index < -0.39 is 21.7 Å². The van der Waals surface area contributed by atoms with Crippen molar-refractivity contribution in [2.45, 2.75) is 19.8 Å². The molecular formula is C11H15NO4S. The number of anilines is 1. The Morgan fingerprint density at radius 2 is 2.00 bits per heavy atom. The van der Waals surface area contributed by atoms with Crippen molar-refractivity contribution in [3.63, 3.8) is 0 Å². The average molecular weight is 257 g/mol. The summed E-state index contributed by atoms with van der Waals surface area (Å²) in [6.45, 7) is 1.99. The molecule has 2 N–H and O–H groups in total. The van der Waals surface area contributed by atoms with E-state index >= 15 is 0 Å². The van der Waals surface area contributed by atoms with E-state index in [1.54, 1.807) is 12.1 Å². The Morgan fingerprint density at radius 3 is 2.59 bits per heavy atom. The van der Waals surface area contributed by atoms with Gasteiger partial charge in [0.25, 0.3) is 0 Å². The maximum Gasteiger partial charge on any atom is 0.320 e. The molecule has 94 valence electrons. The first-order valence-corrected chi connectivity index (χ1v) is 6.90. The standard InChI is InChI=1S/C11H15NO4S/c1-2-5-9-6-3-4-7-10(9)12-17(15,16)8-11(13)14/h3-4,6-7,12H,2,5,8H2,1H3,(H,13,14). The first-order valence-electron chi connectivity index (χ1n) is 5.25. The SMILES string of the molecule is CCCc1ccccc1NS(=O)(=O)CC(=O)O. The van der Waals surface area contributed by atoms with Crippen molar-refractivity contribution in [3.8, 4) is 0 Å². The van der Waals surface area contributed by atoms with Crippen LogP contribution in [0.3, 0.4) is 0 Å². The third kappa shape index (κ3) is 4.44. The number of nitrogens with one attached hydrogen (secondary N) is 1. The third-order valence-electron chi connectivity index (χ3n) is 2.12. The van der Waals surface area contributed by atoms with Gasteiger partial charge in [-0.05, 0) is 18.1 Å². The minimum Gasteiger partial charge on any atom is -0.480 e. The lowest BCUT2D eigenvalue weighted by Gasteiger charge is -2.10. The fourth-order valence-electron chi connectivity index (χ4n) is 1.47. The molecule has 0 atom stereocenters. The largest absolute Gasteiger partial charge is 0.480 e. The van der Waals surface area contributed by atoms with Crippen LogP contribution in [-0.4, -0.2) is 25.2 Å². The predicted octanol–water partition coefficient (Wildman–Crippen LogP) is 1.47. The van der Waals surface area contributed by atoms with E-state index in [2.05, 4.69) is 4.72 Å². The van der Waals surface area contributed by atoms with Crippen LogP contribution in [-0.2, 0) is 21.2 Å². The molecule has 0 aliphatic carbocycles. The van der Waals surface area contributed by atoms with Crippen LogP contribution in [0.4, 0.5) is 5.69 Å². The van der Waals surface area contributed by atoms with Crippen LogP contribution in [0.5, 0.6) is 0 Å². The van der Waals surface area contributed by atoms with Crippen molar-refractivity contribution < 1.29 is 18.3 Å². The molecule has 0 unspecified atom stereocenters. The molecule has 17 heavy (non-hydrogen) atoms. The number of sulfonamides is 1. The molecule has 1 rings (SSSR count). The van der Waals surface area contributed by atoms with E-state index in [-0.39, 0.29) is 0 Å². The summed E-state index contributed by atoms with van der Waals surface area (Å²) in [5.74, 6) is -2.29. The first kappa shape index (κ1) is 13.5. The van der Waals surface area contributed by atoms with Gasteiger partial charge in [0.15, 0.2) is 5.75 Å². The van der Waals surface area contributed by atoms with Gasteiger partial charge in [-0.2, -0.15) is 0 Å². The highest BCUT2D eigenvalue weighted by molar-refractivity contribution is 7.93. The van der Waals surface area contributed by atoms with Crippen LogP contribution in [0.15, 0.2) is 24.3 Å². The predicted molar refractivity (Wildman–Crippen MR) is 65.5 cm³/mol. The zero-order valence-corrected chi connectivity index (χ0v) is 10.3. The smallest absolute Gasteiger partial charge is 0.320 e. The Bertz CT molecular complexity index is 496. The molecule has 0 amide bonds. The van der Waals surface area contributed by atoms with Gasteiger partial charge in [-0.25, -0.2) is 8.42 Å². The molecule has 0 heterocycles. The number of carbonyl (C=O) groups is 1. The number of hydrogen-bond donors (Lipinski definition) is 2. The number of carboxylic acids is 1. The normalized spacial score (nSPS) is 11.1. The molecular weight excluding hydrogens is 242 g/mol. The van der Waals surface area contributed by atoms with E-state index in [9.17, 15) is 13.2 Å². The van der Waals surface area contributed by atoms with Crippen LogP contribution < -0.4 is 4.72 Å². The van der Waals surface area contributed by atoms with Crippen LogP contribution in [0.2, 0.25) is 0 Å². The van der Waals surface area contributed by atoms with Gasteiger partial charge >= 0.3 is 5.97 Å². The minimum absolute atomic E-state index is 0.454. The highest BCUT2D eigenvalue weighted by Crippen LogP contribution is 2.18. The Labute approximate surface area is 101 Å². The molecule has 6 heteroatoms. The molecule has 0 spiro atoms. The summed E-state index contributed by atoms with van der Waals surface area (Å²) in [6.07, 6.45) is 1.63. The lowest BCUT2D eigenvalue weighted by Crippen LogP contribution is -2.22. The summed E-state index contributed by atoms with van der Waals surface area (Å²) in [5.41, 5.74) is 1.32. The molecule has 0 aliphatic heterocycles. The van der Waals surface area contributed by atoms with E-state index in [0.717, 1.165) is 18.4 Å². The summed E-state index contributed by atoms with van der Waals surface area (Å²) in [7, 11) is -3.82. The number of hydrogen-bond acceptors (Lipinski definition) is 3. The van der Waals surface area contributed by atoms with Gasteiger partial charge in [0, 0.05) is 0 Å². The van der Waals surface area contributed by atoms with Crippen molar-refractivity contribution in [1.29, 1.82) is 0 Å². The number of rotatable bonds is 6. The number of aryl methyl sites for hydroxylation is 1. The van der Waals surface area contributed by atoms with Gasteiger partial charge in [-0.3, -0.25) is 9.52 Å². The fraction of sp³-hybridized carbons (Fsp3) is 0.364. The van der Waals surface area contributed by atoms with Crippen LogP contribution in [0, 0.1) is 0 Å². The first-order chi connectivity index (χ1) is 7.94. The van der Waals surface area contributed by atoms with Crippen molar-refractivity contribution in [2.75, 3.05) is 10.5 Å². The molecule has 0 aliphatic rings. The van der Waals surface area contributed by atoms with E-state index in [1.807, 2.05) is 19.1 Å². The Hall–Kier alpha value is -1.56. The van der Waals surface area contributed by atoms with E-state index in [4.69, 9.17) is 5.11 Å². The summed E-state index contributed by atoms with van der Waals surface area (Å²) < 4.78 is 25.2. The number of carboxylic acid groups (broad SMARTS) is 1. The van der Waals surface area contributed by atoms with Crippen molar-refractivity contribution in [1.82, 2.24) is 0 Å². The highest BCUT2D eigenvalue weighted by atomic mass is 32.2. The summed E-state index contributed by atoms with van der Waals surface area (Å²) in [6, 6.07) is 6.98. The monoisotopic (exact) mass is 257 g/mol. The zero-order chi connectivity index (χ0) is 12.9. The van der Waals surface area contributed by atoms with Gasteiger partial charge in [0.2, 0.25) is 10.0 Å². The van der Waals surface area contributed by atoms with Crippen LogP contribution in [0.25, 0.3) is 0 Å². The Balaban J connectivity index is 2.91. The summed E-state index contributed by atoms with van der Waals surface area (Å²) in [4.78, 5) is 10.4. The van der Waals surface area contributed by atoms with Gasteiger partial charge < -0.3 is 5.11 Å². The van der Waals surface area contributed by atoms with E-state index in [1.165, 1.54) is 0 Å². The van der Waals surface area contributed by atoms with Gasteiger partial charge in [-0.1, -0.05) is 31.5 Å². The summed E-state index contributed by atoms with van der Waals surface area (Å²) >= 11 is 0. The van der Waals surface area contributed by atoms with Gasteiger partial charge in [0.05, 0.1) is 5.69 Å². The number of aliphatic carboxylic acids is 1. The topological polar surface area (TPSA) is 83.5 Å². The third-order valence-corrected chi connectivity index (χ3v) is 3.27. The molecule has 0 saturated carbocycles. The molecule has 1 aromatic carbocycles. The lowest BCUT2D eigenvalue weighted by atomic mass is 10.1. The quantitative estimate of drug-likeness (QED) is 0.808. The molecule has 0 fully saturated rings. The van der Waals surface area contributed by atoms with E-state index in [0.29, 0.717) is 5.69 Å².